The number of hydrogen-bond donors (Lipinski definition) is 9. The largest absolute Gasteiger partial charge is 0.481 e. The van der Waals surface area contributed by atoms with Crippen LogP contribution in [0.5, 0.6) is 0 Å². The quantitative estimate of drug-likeness (QED) is 0.0283. The van der Waals surface area contributed by atoms with Gasteiger partial charge in [-0.15, -0.1) is 10.2 Å². The number of methoxy groups -OCH3 is 1. The minimum atomic E-state index is -3.78. The first-order valence-electron chi connectivity index (χ1n) is 34.6. The van der Waals surface area contributed by atoms with Gasteiger partial charge in [-0.2, -0.15) is 5.21 Å². The zero-order chi connectivity index (χ0) is 69.3. The summed E-state index contributed by atoms with van der Waals surface area (Å²) in [5, 5.41) is 41.5. The maximum atomic E-state index is 12.5. The molecule has 0 aliphatic rings. The summed E-state index contributed by atoms with van der Waals surface area (Å²) in [5.41, 5.74) is 6.29. The number of ketones is 4. The summed E-state index contributed by atoms with van der Waals surface area (Å²) in [7, 11) is -2.28. The Kier molecular flexibility index (Phi) is 51.8. The van der Waals surface area contributed by atoms with Crippen LogP contribution in [0.25, 0.3) is 0 Å². The van der Waals surface area contributed by atoms with Crippen LogP contribution in [0.4, 0.5) is 0 Å². The third-order valence-electron chi connectivity index (χ3n) is 16.0. The number of amides is 4. The molecule has 3 atom stereocenters. The molecule has 2 aromatic rings. The molecule has 10 N–H and O–H groups in total. The lowest BCUT2D eigenvalue weighted by molar-refractivity contribution is -0.145. The molecule has 0 aliphatic heterocycles. The number of carbonyl (C=O) groups excluding carboxylic acids is 8. The number of hydrogen-bond acceptors (Lipinski definition) is 19. The van der Waals surface area contributed by atoms with E-state index in [9.17, 15) is 66.6 Å². The van der Waals surface area contributed by atoms with E-state index in [-0.39, 0.29) is 112 Å². The van der Waals surface area contributed by atoms with Crippen LogP contribution in [0.3, 0.4) is 0 Å². The Labute approximate surface area is 557 Å². The first kappa shape index (κ1) is 85.6. The number of tetrazole rings is 1. The van der Waals surface area contributed by atoms with E-state index in [1.165, 1.54) is 58.5 Å². The number of nitrogens with two attached hydrogens (primary N) is 1. The fourth-order valence-electron chi connectivity index (χ4n) is 10.5. The molecule has 2 unspecified atom stereocenters. The average molecular weight is 1350 g/mol. The van der Waals surface area contributed by atoms with Crippen LogP contribution in [0, 0.1) is 11.8 Å². The number of carbonyl (C=O) groups is 10. The van der Waals surface area contributed by atoms with Crippen molar-refractivity contribution in [2.24, 2.45) is 17.6 Å². The van der Waals surface area contributed by atoms with Gasteiger partial charge in [0.05, 0.1) is 43.1 Å². The molecule has 27 nitrogen and oxygen atoms in total. The van der Waals surface area contributed by atoms with Crippen LogP contribution in [0.15, 0.2) is 12.5 Å². The molecule has 536 valence electrons. The zero-order valence-corrected chi connectivity index (χ0v) is 57.3. The van der Waals surface area contributed by atoms with Crippen LogP contribution in [0.2, 0.25) is 0 Å². The van der Waals surface area contributed by atoms with Crippen molar-refractivity contribution < 1.29 is 76.0 Å². The van der Waals surface area contributed by atoms with Gasteiger partial charge in [0.25, 0.3) is 0 Å². The fourth-order valence-corrected chi connectivity index (χ4v) is 11.5. The molecule has 0 bridgehead atoms. The molecule has 94 heavy (non-hydrogen) atoms. The highest BCUT2D eigenvalue weighted by Gasteiger charge is 2.26. The lowest BCUT2D eigenvalue weighted by Gasteiger charge is -2.14. The van der Waals surface area contributed by atoms with Crippen LogP contribution in [-0.2, 0) is 80.3 Å². The molecular weight excluding hydrogens is 1230 g/mol. The Balaban J connectivity index is 0.00000147. The molecule has 2 rings (SSSR count). The first-order chi connectivity index (χ1) is 45.2. The van der Waals surface area contributed by atoms with Gasteiger partial charge in [0.1, 0.15) is 24.0 Å². The predicted molar refractivity (Wildman–Crippen MR) is 355 cm³/mol. The Morgan fingerprint density at radius 3 is 1.62 bits per heavy atom. The number of aryl methyl sites for hydroxylation is 2. The number of Topliss-reactive ketones (excluding diaryl/α,β-unsaturated/α-hetero) is 4. The topological polar surface area (TPSA) is 421 Å². The van der Waals surface area contributed by atoms with E-state index in [2.05, 4.69) is 51.3 Å². The first-order valence-corrected chi connectivity index (χ1v) is 36.3. The smallest absolute Gasteiger partial charge is 0.306 e. The number of aromatic nitrogens is 6. The summed E-state index contributed by atoms with van der Waals surface area (Å²) < 4.78 is 36.7. The molecule has 0 aromatic carbocycles. The van der Waals surface area contributed by atoms with Gasteiger partial charge in [0.2, 0.25) is 33.7 Å². The number of carboxylic acids is 2. The summed E-state index contributed by atoms with van der Waals surface area (Å²) in [6, 6.07) is -0.522. The normalized spacial score (nSPS) is 12.2. The number of nitrogens with zero attached hydrogens (tertiary/aromatic N) is 4. The molecule has 4 amide bonds. The molecule has 0 saturated carbocycles. The summed E-state index contributed by atoms with van der Waals surface area (Å²) in [6.45, 7) is 3.77. The van der Waals surface area contributed by atoms with Gasteiger partial charge in [-0.1, -0.05) is 134 Å². The van der Waals surface area contributed by atoms with Crippen LogP contribution < -0.4 is 26.4 Å². The van der Waals surface area contributed by atoms with Crippen molar-refractivity contribution in [1.29, 1.82) is 0 Å². The molecule has 2 aromatic heterocycles. The fraction of sp³-hybridized carbons (Fsp3) is 0.788. The molecule has 0 fully saturated rings. The second-order valence-electron chi connectivity index (χ2n) is 24.4. The number of imidazole rings is 1. The van der Waals surface area contributed by atoms with E-state index in [0.29, 0.717) is 64.8 Å². The van der Waals surface area contributed by atoms with Gasteiger partial charge in [-0.3, -0.25) is 58.0 Å². The number of aliphatic carboxylic acids is 2. The number of aromatic amines is 2. The molecule has 0 radical (unpaired) electrons. The monoisotopic (exact) mass is 1350 g/mol. The highest BCUT2D eigenvalue weighted by Crippen LogP contribution is 2.21. The minimum Gasteiger partial charge on any atom is -0.481 e. The Morgan fingerprint density at radius 1 is 0.564 bits per heavy atom. The Bertz CT molecular complexity index is 2500. The van der Waals surface area contributed by atoms with Crippen molar-refractivity contribution in [3.63, 3.8) is 0 Å². The van der Waals surface area contributed by atoms with E-state index in [4.69, 9.17) is 15.2 Å². The van der Waals surface area contributed by atoms with Crippen molar-refractivity contribution in [3.05, 3.63) is 24.0 Å². The van der Waals surface area contributed by atoms with Gasteiger partial charge < -0.3 is 41.0 Å². The Hall–Kier alpha value is -6.39. The van der Waals surface area contributed by atoms with E-state index in [0.717, 1.165) is 114 Å². The zero-order valence-electron chi connectivity index (χ0n) is 56.5. The summed E-state index contributed by atoms with van der Waals surface area (Å²) in [5.74, 6) is -5.92. The van der Waals surface area contributed by atoms with Crippen molar-refractivity contribution in [2.45, 2.75) is 270 Å². The molecule has 28 heteroatoms. The summed E-state index contributed by atoms with van der Waals surface area (Å²) in [6.07, 6.45) is 31.4. The van der Waals surface area contributed by atoms with Gasteiger partial charge in [-0.25, -0.2) is 13.4 Å². The maximum absolute atomic E-state index is 12.5. The van der Waals surface area contributed by atoms with Crippen molar-refractivity contribution >= 4 is 68.7 Å². The number of nitrogens with one attached hydrogen (secondary N) is 6. The molecule has 0 aliphatic carbocycles. The number of carboxylic acid groups (broad SMARTS) is 2. The van der Waals surface area contributed by atoms with Crippen LogP contribution in [0.1, 0.15) is 262 Å². The van der Waals surface area contributed by atoms with Gasteiger partial charge in [-0.05, 0) is 71.1 Å². The summed E-state index contributed by atoms with van der Waals surface area (Å²) >= 11 is 0. The number of ether oxygens (including phenoxy) is 2. The predicted octanol–water partition coefficient (Wildman–Crippen LogP) is 8.00. The van der Waals surface area contributed by atoms with E-state index >= 15 is 0 Å². The number of sulfonamides is 1. The highest BCUT2D eigenvalue weighted by molar-refractivity contribution is 7.90. The second kappa shape index (κ2) is 56.9. The third kappa shape index (κ3) is 51.0. The number of H-pyrrole nitrogens is 2. The Morgan fingerprint density at radius 2 is 1.07 bits per heavy atom. The van der Waals surface area contributed by atoms with Crippen LogP contribution >= 0.6 is 0 Å². The number of rotatable bonds is 64. The van der Waals surface area contributed by atoms with E-state index in [1.54, 1.807) is 12.5 Å². The average Bonchev–Trinajstić information content (AvgIpc) is 2.00. The lowest BCUT2D eigenvalue weighted by atomic mass is 9.90. The molecule has 0 saturated heterocycles. The van der Waals surface area contributed by atoms with Crippen molar-refractivity contribution in [3.8, 4) is 0 Å². The molecule has 2 heterocycles. The molecular formula is C66H115N11O16S. The van der Waals surface area contributed by atoms with Gasteiger partial charge in [0, 0.05) is 103 Å². The standard InChI is InChI=1S/C49H87N7O12S.C17H28N4O4/c1-2-68-36-35-51-46(60)33-31-41(49(64)65)39-43(58)32-30-40(48(62)63)38-42(57)26-21-17-13-9-8-12-16-20-24-34-50-45(59)29-25-37-69(66,67)54-47(61)28-23-19-15-11-7-5-3-4-6-10-14-18-22-27-44-52-55-56-53-44;1-25-11-15(23)5-3-2-4-6-16(17(18)24)20-10-14(22)8-7-13-9-19-12-21-13/h40-41H,2-39H2,1H3,(H,50,59)(H,51,60)(H,54,61)(H,62,63)(H,64,65)(H,52,53,55,56);9,12,16,20H,2-8,10-11H2,1H3,(H2,18,24)(H,19,21)/t;16-/m.0/s1. The molecule has 0 spiro atoms. The SMILES string of the molecule is CCOCCNC(=O)CCC(CC(=O)CCC(CC(=O)CCCCCCCCCCCNC(=O)CCCS(=O)(=O)NC(=O)CCCCCCCCCCCCCCCc1nn[nH]n1)C(=O)O)C(=O)O.COCC(=O)CCCCC[C@H](NCC(=O)CCc1cnc[nH]1)C(N)=O. The van der Waals surface area contributed by atoms with Gasteiger partial charge in [0.15, 0.2) is 11.6 Å². The minimum absolute atomic E-state index is 0.0195. The van der Waals surface area contributed by atoms with Crippen LogP contribution in [-0.4, -0.2) is 166 Å². The highest BCUT2D eigenvalue weighted by atomic mass is 32.2. The summed E-state index contributed by atoms with van der Waals surface area (Å²) in [4.78, 5) is 126. The van der Waals surface area contributed by atoms with Gasteiger partial charge >= 0.3 is 11.9 Å². The van der Waals surface area contributed by atoms with Crippen molar-refractivity contribution in [1.82, 2.24) is 51.3 Å². The van der Waals surface area contributed by atoms with E-state index in [1.807, 2.05) is 6.92 Å². The number of unbranched alkanes of at least 4 members (excludes halogenated alkanes) is 22. The second-order valence-corrected chi connectivity index (χ2v) is 26.2. The maximum Gasteiger partial charge on any atom is 0.306 e. The lowest BCUT2D eigenvalue weighted by Crippen LogP contribution is -2.43. The third-order valence-corrected chi connectivity index (χ3v) is 17.4. The number of primary amides is 1. The van der Waals surface area contributed by atoms with Crippen molar-refractivity contribution in [2.75, 3.05) is 52.3 Å². The van der Waals surface area contributed by atoms with E-state index < -0.39 is 57.4 Å².